The van der Waals surface area contributed by atoms with Crippen LogP contribution in [0.3, 0.4) is 0 Å². The molecule has 0 bridgehead atoms. The molecule has 1 fully saturated rings. The average Bonchev–Trinajstić information content (AvgIpc) is 3.07. The van der Waals surface area contributed by atoms with Gasteiger partial charge in [-0.25, -0.2) is 0 Å². The molecule has 142 valence electrons. The summed E-state index contributed by atoms with van der Waals surface area (Å²) in [5, 5.41) is 15.7. The van der Waals surface area contributed by atoms with E-state index in [0.717, 1.165) is 12.8 Å². The van der Waals surface area contributed by atoms with Crippen molar-refractivity contribution >= 4 is 35.8 Å². The second-order valence-electron chi connectivity index (χ2n) is 6.80. The number of likely N-dealkylation sites (tertiary alicyclic amines) is 1. The van der Waals surface area contributed by atoms with Crippen LogP contribution in [0.5, 0.6) is 0 Å². The molecule has 1 saturated heterocycles. The molecule has 0 unspecified atom stereocenters. The summed E-state index contributed by atoms with van der Waals surface area (Å²) < 4.78 is 0. The number of nitrogens with one attached hydrogen (secondary N) is 2. The minimum Gasteiger partial charge on any atom is -0.350 e. The summed E-state index contributed by atoms with van der Waals surface area (Å²) in [6, 6.07) is 8.51. The molecular formula is C18H24Cl2N4O2. The topological polar surface area (TPSA) is 85.2 Å². The zero-order valence-corrected chi connectivity index (χ0v) is 16.5. The first-order valence-electron chi connectivity index (χ1n) is 8.30. The molecule has 8 heteroatoms. The lowest BCUT2D eigenvalue weighted by molar-refractivity contribution is -0.130. The second kappa shape index (κ2) is 9.77. The number of amides is 2. The van der Waals surface area contributed by atoms with E-state index in [1.54, 1.807) is 29.2 Å². The van der Waals surface area contributed by atoms with Gasteiger partial charge >= 0.3 is 0 Å². The van der Waals surface area contributed by atoms with Gasteiger partial charge in [0.15, 0.2) is 0 Å². The van der Waals surface area contributed by atoms with Gasteiger partial charge in [0.2, 0.25) is 5.91 Å². The van der Waals surface area contributed by atoms with Gasteiger partial charge in [-0.05, 0) is 51.0 Å². The highest BCUT2D eigenvalue weighted by Crippen LogP contribution is 2.16. The van der Waals surface area contributed by atoms with E-state index in [0.29, 0.717) is 23.7 Å². The summed E-state index contributed by atoms with van der Waals surface area (Å²) in [6.45, 7) is 4.96. The average molecular weight is 399 g/mol. The van der Waals surface area contributed by atoms with Crippen molar-refractivity contribution in [2.24, 2.45) is 0 Å². The van der Waals surface area contributed by atoms with Gasteiger partial charge in [0.05, 0.1) is 12.6 Å². The predicted octanol–water partition coefficient (Wildman–Crippen LogP) is 2.37. The molecule has 1 atom stereocenters. The standard InChI is InChI=1S/C18H23ClN4O2.ClH/c1-18(2,12-21-17(25)13-5-7-14(19)8-6-13)22-11-16(24)23-9-3-4-15(23)10-20;/h5-8,15,22H,3-4,9,11-12H2,1-2H3,(H,21,25);1H/t15-;/m0./s1. The quantitative estimate of drug-likeness (QED) is 0.769. The first-order chi connectivity index (χ1) is 11.8. The van der Waals surface area contributed by atoms with Gasteiger partial charge < -0.3 is 15.5 Å². The number of hydrogen-bond acceptors (Lipinski definition) is 4. The molecule has 1 aromatic rings. The van der Waals surface area contributed by atoms with Crippen LogP contribution in [0, 0.1) is 11.3 Å². The molecule has 1 aromatic carbocycles. The van der Waals surface area contributed by atoms with E-state index in [9.17, 15) is 9.59 Å². The van der Waals surface area contributed by atoms with E-state index in [4.69, 9.17) is 16.9 Å². The van der Waals surface area contributed by atoms with Gasteiger partial charge in [-0.3, -0.25) is 9.59 Å². The van der Waals surface area contributed by atoms with Gasteiger partial charge in [0.25, 0.3) is 5.91 Å². The number of nitriles is 1. The van der Waals surface area contributed by atoms with Crippen molar-refractivity contribution in [3.63, 3.8) is 0 Å². The Labute approximate surface area is 165 Å². The van der Waals surface area contributed by atoms with E-state index in [1.165, 1.54) is 0 Å². The van der Waals surface area contributed by atoms with Crippen molar-refractivity contribution in [2.75, 3.05) is 19.6 Å². The van der Waals surface area contributed by atoms with Crippen LogP contribution < -0.4 is 10.6 Å². The zero-order valence-electron chi connectivity index (χ0n) is 14.9. The van der Waals surface area contributed by atoms with Gasteiger partial charge in [-0.1, -0.05) is 11.6 Å². The lowest BCUT2D eigenvalue weighted by Gasteiger charge is -2.28. The third-order valence-corrected chi connectivity index (χ3v) is 4.49. The van der Waals surface area contributed by atoms with Crippen LogP contribution in [0.2, 0.25) is 5.02 Å². The van der Waals surface area contributed by atoms with Crippen molar-refractivity contribution in [2.45, 2.75) is 38.3 Å². The van der Waals surface area contributed by atoms with E-state index < -0.39 is 5.54 Å². The number of carbonyl (C=O) groups is 2. The minimum atomic E-state index is -0.459. The molecule has 0 spiro atoms. The molecule has 0 radical (unpaired) electrons. The summed E-state index contributed by atoms with van der Waals surface area (Å²) >= 11 is 5.81. The number of carbonyl (C=O) groups excluding carboxylic acids is 2. The summed E-state index contributed by atoms with van der Waals surface area (Å²) in [5.74, 6) is -0.275. The van der Waals surface area contributed by atoms with Crippen molar-refractivity contribution in [1.29, 1.82) is 5.26 Å². The molecule has 0 aromatic heterocycles. The monoisotopic (exact) mass is 398 g/mol. The maximum absolute atomic E-state index is 12.3. The molecule has 26 heavy (non-hydrogen) atoms. The third-order valence-electron chi connectivity index (χ3n) is 4.24. The largest absolute Gasteiger partial charge is 0.350 e. The fourth-order valence-electron chi connectivity index (χ4n) is 2.68. The van der Waals surface area contributed by atoms with Crippen molar-refractivity contribution in [1.82, 2.24) is 15.5 Å². The van der Waals surface area contributed by atoms with Gasteiger partial charge in [0.1, 0.15) is 6.04 Å². The molecule has 2 rings (SSSR count). The Bertz CT molecular complexity index is 671. The van der Waals surface area contributed by atoms with E-state index in [-0.39, 0.29) is 36.8 Å². The van der Waals surface area contributed by atoms with E-state index in [1.807, 2.05) is 13.8 Å². The Morgan fingerprint density at radius 1 is 1.35 bits per heavy atom. The Kier molecular flexibility index (Phi) is 8.35. The first-order valence-corrected chi connectivity index (χ1v) is 8.68. The van der Waals surface area contributed by atoms with Crippen LogP contribution in [0.4, 0.5) is 0 Å². The summed E-state index contributed by atoms with van der Waals surface area (Å²) in [4.78, 5) is 26.0. The van der Waals surface area contributed by atoms with Crippen molar-refractivity contribution in [3.05, 3.63) is 34.9 Å². The third kappa shape index (κ3) is 6.17. The fourth-order valence-corrected chi connectivity index (χ4v) is 2.81. The molecule has 1 aliphatic heterocycles. The maximum Gasteiger partial charge on any atom is 0.251 e. The number of hydrogen-bond donors (Lipinski definition) is 2. The fraction of sp³-hybridized carbons (Fsp3) is 0.500. The molecule has 2 amide bonds. The highest BCUT2D eigenvalue weighted by Gasteiger charge is 2.29. The number of halogens is 2. The number of nitrogens with zero attached hydrogens (tertiary/aromatic N) is 2. The highest BCUT2D eigenvalue weighted by molar-refractivity contribution is 6.30. The van der Waals surface area contributed by atoms with Gasteiger partial charge in [0, 0.05) is 29.2 Å². The van der Waals surface area contributed by atoms with E-state index in [2.05, 4.69) is 16.7 Å². The SMILES string of the molecule is CC(C)(CNC(=O)c1ccc(Cl)cc1)NCC(=O)N1CCC[C@H]1C#N.Cl. The first kappa shape index (κ1) is 22.2. The van der Waals surface area contributed by atoms with E-state index >= 15 is 0 Å². The number of benzene rings is 1. The Balaban J connectivity index is 0.00000338. The minimum absolute atomic E-state index is 0. The van der Waals surface area contributed by atoms with Crippen molar-refractivity contribution < 1.29 is 9.59 Å². The summed E-state index contributed by atoms with van der Waals surface area (Å²) in [6.07, 6.45) is 1.60. The molecule has 1 aliphatic rings. The van der Waals surface area contributed by atoms with Crippen LogP contribution in [0.1, 0.15) is 37.0 Å². The Morgan fingerprint density at radius 3 is 2.62 bits per heavy atom. The van der Waals surface area contributed by atoms with Crippen LogP contribution in [-0.4, -0.2) is 47.9 Å². The predicted molar refractivity (Wildman–Crippen MR) is 103 cm³/mol. The van der Waals surface area contributed by atoms with Crippen LogP contribution in [0.15, 0.2) is 24.3 Å². The number of rotatable bonds is 6. The molecular weight excluding hydrogens is 375 g/mol. The smallest absolute Gasteiger partial charge is 0.251 e. The molecule has 6 nitrogen and oxygen atoms in total. The second-order valence-corrected chi connectivity index (χ2v) is 7.24. The Morgan fingerprint density at radius 2 is 2.00 bits per heavy atom. The molecule has 0 saturated carbocycles. The molecule has 2 N–H and O–H groups in total. The van der Waals surface area contributed by atoms with Gasteiger partial charge in [-0.2, -0.15) is 5.26 Å². The zero-order chi connectivity index (χ0) is 18.4. The van der Waals surface area contributed by atoms with Crippen LogP contribution >= 0.6 is 24.0 Å². The summed E-state index contributed by atoms with van der Waals surface area (Å²) in [5.41, 5.74) is 0.0739. The lowest BCUT2D eigenvalue weighted by Crippen LogP contribution is -2.52. The molecule has 0 aliphatic carbocycles. The lowest BCUT2D eigenvalue weighted by atomic mass is 10.1. The van der Waals surface area contributed by atoms with Crippen molar-refractivity contribution in [3.8, 4) is 6.07 Å². The normalized spacial score (nSPS) is 16.5. The summed E-state index contributed by atoms with van der Waals surface area (Å²) in [7, 11) is 0. The van der Waals surface area contributed by atoms with Crippen LogP contribution in [0.25, 0.3) is 0 Å². The van der Waals surface area contributed by atoms with Gasteiger partial charge in [-0.15, -0.1) is 12.4 Å². The highest BCUT2D eigenvalue weighted by atomic mass is 35.5. The molecule has 1 heterocycles. The Hall–Kier alpha value is -1.81. The maximum atomic E-state index is 12.3. The van der Waals surface area contributed by atoms with Crippen LogP contribution in [-0.2, 0) is 4.79 Å².